The number of nitrogens with one attached hydrogen (secondary N) is 1. The predicted octanol–water partition coefficient (Wildman–Crippen LogP) is 0.103. The van der Waals surface area contributed by atoms with Crippen molar-refractivity contribution >= 4 is 11.7 Å². The van der Waals surface area contributed by atoms with E-state index >= 15 is 0 Å². The molecule has 1 aromatic heterocycles. The summed E-state index contributed by atoms with van der Waals surface area (Å²) in [6.45, 7) is 1.59. The Morgan fingerprint density at radius 3 is 3.00 bits per heavy atom. The fourth-order valence-electron chi connectivity index (χ4n) is 0.701. The highest BCUT2D eigenvalue weighted by molar-refractivity contribution is 5.94. The van der Waals surface area contributed by atoms with Crippen molar-refractivity contribution in [1.29, 1.82) is 0 Å². The monoisotopic (exact) mass is 178 g/mol. The van der Waals surface area contributed by atoms with Crippen molar-refractivity contribution in [3.05, 3.63) is 30.1 Å². The molecule has 0 aliphatic carbocycles. The zero-order valence-electron chi connectivity index (χ0n) is 7.19. The van der Waals surface area contributed by atoms with Gasteiger partial charge in [0, 0.05) is 12.4 Å². The first-order chi connectivity index (χ1) is 6.20. The lowest BCUT2D eigenvalue weighted by Gasteiger charge is -1.98. The van der Waals surface area contributed by atoms with E-state index in [9.17, 15) is 4.79 Å². The molecule has 0 aliphatic heterocycles. The minimum absolute atomic E-state index is 0.303. The van der Waals surface area contributed by atoms with Crippen LogP contribution in [-0.4, -0.2) is 16.7 Å². The van der Waals surface area contributed by atoms with E-state index < -0.39 is 0 Å². The Labute approximate surface area is 75.7 Å². The zero-order chi connectivity index (χ0) is 9.68. The number of nitrogens with two attached hydrogens (primary N) is 1. The second-order valence-corrected chi connectivity index (χ2v) is 2.44. The third-order valence-corrected chi connectivity index (χ3v) is 1.26. The number of carbonyl (C=O) groups is 1. The summed E-state index contributed by atoms with van der Waals surface area (Å²) < 4.78 is 0. The summed E-state index contributed by atoms with van der Waals surface area (Å²) in [4.78, 5) is 15.0. The Morgan fingerprint density at radius 2 is 2.46 bits per heavy atom. The number of amides is 1. The van der Waals surface area contributed by atoms with Crippen LogP contribution >= 0.6 is 0 Å². The molecule has 0 radical (unpaired) electrons. The molecule has 0 unspecified atom stereocenters. The summed E-state index contributed by atoms with van der Waals surface area (Å²) in [6.07, 6.45) is 3.05. The fourth-order valence-corrected chi connectivity index (χ4v) is 0.701. The van der Waals surface area contributed by atoms with Crippen molar-refractivity contribution in [2.75, 3.05) is 0 Å². The molecule has 0 saturated heterocycles. The Morgan fingerprint density at radius 1 is 1.69 bits per heavy atom. The molecule has 3 N–H and O–H groups in total. The van der Waals surface area contributed by atoms with Crippen LogP contribution in [-0.2, 0) is 0 Å². The van der Waals surface area contributed by atoms with Gasteiger partial charge in [0.2, 0.25) is 0 Å². The number of nitrogens with zero attached hydrogens (tertiary/aromatic N) is 2. The minimum Gasteiger partial charge on any atom is -0.386 e. The standard InChI is InChI=1S/C8H10N4O/c1-6(9)11-12-8(13)7-3-2-4-10-5-7/h2-5H,1H3,(H2,9,11)(H,12,13). The zero-order valence-corrected chi connectivity index (χ0v) is 7.19. The molecule has 68 valence electrons. The highest BCUT2D eigenvalue weighted by Gasteiger charge is 2.02. The van der Waals surface area contributed by atoms with E-state index in [0.29, 0.717) is 11.4 Å². The normalized spacial score (nSPS) is 11.0. The van der Waals surface area contributed by atoms with Gasteiger partial charge in [-0.25, -0.2) is 5.43 Å². The van der Waals surface area contributed by atoms with Crippen molar-refractivity contribution in [2.24, 2.45) is 10.8 Å². The Kier molecular flexibility index (Phi) is 2.97. The van der Waals surface area contributed by atoms with Gasteiger partial charge in [0.1, 0.15) is 5.84 Å². The van der Waals surface area contributed by atoms with E-state index in [1.54, 1.807) is 25.3 Å². The molecule has 0 bridgehead atoms. The molecule has 1 aromatic rings. The Balaban J connectivity index is 2.65. The van der Waals surface area contributed by atoms with Gasteiger partial charge in [0.05, 0.1) is 5.56 Å². The summed E-state index contributed by atoms with van der Waals surface area (Å²) >= 11 is 0. The Bertz CT molecular complexity index is 316. The van der Waals surface area contributed by atoms with Crippen LogP contribution < -0.4 is 11.2 Å². The minimum atomic E-state index is -0.321. The van der Waals surface area contributed by atoms with Crippen molar-refractivity contribution in [2.45, 2.75) is 6.92 Å². The second-order valence-electron chi connectivity index (χ2n) is 2.44. The van der Waals surface area contributed by atoms with Crippen LogP contribution in [0.5, 0.6) is 0 Å². The van der Waals surface area contributed by atoms with Crippen LogP contribution in [0.25, 0.3) is 0 Å². The van der Waals surface area contributed by atoms with Crippen molar-refractivity contribution in [3.8, 4) is 0 Å². The molecule has 5 nitrogen and oxygen atoms in total. The van der Waals surface area contributed by atoms with E-state index in [1.807, 2.05) is 0 Å². The molecule has 0 fully saturated rings. The molecule has 0 aliphatic rings. The fraction of sp³-hybridized carbons (Fsp3) is 0.125. The van der Waals surface area contributed by atoms with Crippen molar-refractivity contribution in [1.82, 2.24) is 10.4 Å². The van der Waals surface area contributed by atoms with E-state index in [0.717, 1.165) is 0 Å². The van der Waals surface area contributed by atoms with Crippen molar-refractivity contribution in [3.63, 3.8) is 0 Å². The summed E-state index contributed by atoms with van der Waals surface area (Å²) in [5, 5.41) is 3.57. The third kappa shape index (κ3) is 2.90. The largest absolute Gasteiger partial charge is 0.386 e. The average molecular weight is 178 g/mol. The molecule has 13 heavy (non-hydrogen) atoms. The maximum absolute atomic E-state index is 11.2. The molecule has 1 rings (SSSR count). The summed E-state index contributed by atoms with van der Waals surface area (Å²) in [6, 6.07) is 3.32. The topological polar surface area (TPSA) is 80.4 Å². The number of hydrogen-bond acceptors (Lipinski definition) is 3. The predicted molar refractivity (Wildman–Crippen MR) is 49.0 cm³/mol. The van der Waals surface area contributed by atoms with E-state index in [4.69, 9.17) is 5.73 Å². The smallest absolute Gasteiger partial charge is 0.272 e. The summed E-state index contributed by atoms with van der Waals surface area (Å²) in [7, 11) is 0. The van der Waals surface area contributed by atoms with Crippen molar-refractivity contribution < 1.29 is 4.79 Å². The maximum Gasteiger partial charge on any atom is 0.272 e. The molecule has 0 aromatic carbocycles. The van der Waals surface area contributed by atoms with E-state index in [1.165, 1.54) is 6.20 Å². The summed E-state index contributed by atoms with van der Waals surface area (Å²) in [5.41, 5.74) is 7.97. The number of amidine groups is 1. The van der Waals surface area contributed by atoms with Crippen LogP contribution in [0.4, 0.5) is 0 Å². The van der Waals surface area contributed by atoms with Gasteiger partial charge >= 0.3 is 0 Å². The van der Waals surface area contributed by atoms with Gasteiger partial charge in [0.25, 0.3) is 5.91 Å². The Hall–Kier alpha value is -1.91. The molecular formula is C8H10N4O. The average Bonchev–Trinajstić information content (AvgIpc) is 2.15. The molecule has 1 heterocycles. The molecule has 0 saturated carbocycles. The molecular weight excluding hydrogens is 168 g/mol. The van der Waals surface area contributed by atoms with Crippen LogP contribution in [0, 0.1) is 0 Å². The van der Waals surface area contributed by atoms with Gasteiger partial charge in [-0.1, -0.05) is 0 Å². The van der Waals surface area contributed by atoms with Gasteiger partial charge in [-0.2, -0.15) is 5.10 Å². The lowest BCUT2D eigenvalue weighted by molar-refractivity contribution is 0.0954. The third-order valence-electron chi connectivity index (χ3n) is 1.26. The van der Waals surface area contributed by atoms with Gasteiger partial charge in [-0.05, 0) is 19.1 Å². The van der Waals surface area contributed by atoms with E-state index in [2.05, 4.69) is 15.5 Å². The van der Waals surface area contributed by atoms with E-state index in [-0.39, 0.29) is 5.91 Å². The number of hydrazone groups is 1. The number of carbonyl (C=O) groups excluding carboxylic acids is 1. The van der Waals surface area contributed by atoms with Gasteiger partial charge in [-0.15, -0.1) is 0 Å². The first-order valence-corrected chi connectivity index (χ1v) is 3.70. The van der Waals surface area contributed by atoms with Crippen LogP contribution in [0.3, 0.4) is 0 Å². The quantitative estimate of drug-likeness (QED) is 0.383. The lowest BCUT2D eigenvalue weighted by atomic mass is 10.3. The van der Waals surface area contributed by atoms with Gasteiger partial charge < -0.3 is 5.73 Å². The van der Waals surface area contributed by atoms with Crippen LogP contribution in [0.2, 0.25) is 0 Å². The number of hydrogen-bond donors (Lipinski definition) is 2. The number of aromatic nitrogens is 1. The number of pyridine rings is 1. The maximum atomic E-state index is 11.2. The highest BCUT2D eigenvalue weighted by Crippen LogP contribution is 1.94. The van der Waals surface area contributed by atoms with Gasteiger partial charge in [0.15, 0.2) is 0 Å². The second kappa shape index (κ2) is 4.20. The number of rotatable bonds is 2. The first-order valence-electron chi connectivity index (χ1n) is 3.70. The molecule has 1 amide bonds. The molecule has 0 spiro atoms. The van der Waals surface area contributed by atoms with Crippen LogP contribution in [0.1, 0.15) is 17.3 Å². The molecule has 0 atom stereocenters. The highest BCUT2D eigenvalue weighted by atomic mass is 16.2. The van der Waals surface area contributed by atoms with Gasteiger partial charge in [-0.3, -0.25) is 9.78 Å². The molecule has 5 heteroatoms. The van der Waals surface area contributed by atoms with Crippen LogP contribution in [0.15, 0.2) is 29.6 Å². The first kappa shape index (κ1) is 9.18. The lowest BCUT2D eigenvalue weighted by Crippen LogP contribution is -2.21. The SMILES string of the molecule is C/C(N)=N\NC(=O)c1cccnc1. The summed E-state index contributed by atoms with van der Waals surface area (Å²) in [5.74, 6) is -0.0184.